The van der Waals surface area contributed by atoms with Gasteiger partial charge in [-0.3, -0.25) is 9.59 Å². The molecule has 2 N–H and O–H groups in total. The van der Waals surface area contributed by atoms with Crippen molar-refractivity contribution < 1.29 is 9.18 Å². The summed E-state index contributed by atoms with van der Waals surface area (Å²) in [4.78, 5) is 27.0. The molecular formula is C17H17FN2O2. The fourth-order valence-corrected chi connectivity index (χ4v) is 2.76. The monoisotopic (exact) mass is 300 g/mol. The summed E-state index contributed by atoms with van der Waals surface area (Å²) >= 11 is 0. The number of amides is 1. The number of nitrogens with one attached hydrogen (secondary N) is 2. The number of aromatic amines is 1. The summed E-state index contributed by atoms with van der Waals surface area (Å²) in [6.07, 6.45) is 3.85. The van der Waals surface area contributed by atoms with Gasteiger partial charge < -0.3 is 10.3 Å². The van der Waals surface area contributed by atoms with E-state index in [0.29, 0.717) is 5.56 Å². The maximum Gasteiger partial charge on any atom is 0.261 e. The van der Waals surface area contributed by atoms with Crippen LogP contribution in [0.4, 0.5) is 4.39 Å². The van der Waals surface area contributed by atoms with Crippen LogP contribution < -0.4 is 10.9 Å². The molecule has 1 aromatic carbocycles. The van der Waals surface area contributed by atoms with Crippen LogP contribution in [0, 0.1) is 5.82 Å². The third-order valence-electron chi connectivity index (χ3n) is 3.98. The summed E-state index contributed by atoms with van der Waals surface area (Å²) in [5.41, 5.74) is 2.07. The molecule has 0 radical (unpaired) electrons. The van der Waals surface area contributed by atoms with E-state index in [1.54, 1.807) is 24.3 Å². The Morgan fingerprint density at radius 3 is 2.82 bits per heavy atom. The van der Waals surface area contributed by atoms with Crippen molar-refractivity contribution in [3.63, 3.8) is 0 Å². The third-order valence-corrected chi connectivity index (χ3v) is 3.98. The average molecular weight is 300 g/mol. The second-order valence-electron chi connectivity index (χ2n) is 5.50. The van der Waals surface area contributed by atoms with Gasteiger partial charge in [-0.1, -0.05) is 18.2 Å². The van der Waals surface area contributed by atoms with E-state index in [9.17, 15) is 14.0 Å². The molecule has 1 aliphatic carbocycles. The molecule has 1 heterocycles. The minimum Gasteiger partial charge on any atom is -0.348 e. The second-order valence-corrected chi connectivity index (χ2v) is 5.50. The van der Waals surface area contributed by atoms with Crippen LogP contribution in [0.1, 0.15) is 40.0 Å². The normalized spacial score (nSPS) is 13.5. The van der Waals surface area contributed by atoms with Crippen molar-refractivity contribution >= 4 is 5.91 Å². The molecule has 0 unspecified atom stereocenters. The Morgan fingerprint density at radius 1 is 1.23 bits per heavy atom. The van der Waals surface area contributed by atoms with Gasteiger partial charge in [0.25, 0.3) is 11.5 Å². The lowest BCUT2D eigenvalue weighted by atomic mass is 9.95. The zero-order valence-electron chi connectivity index (χ0n) is 12.1. The number of rotatable bonds is 3. The SMILES string of the molecule is O=C(NCc1ccccc1F)c1cc2c([nH]c1=O)CCCC2. The van der Waals surface area contributed by atoms with Gasteiger partial charge in [-0.05, 0) is 43.4 Å². The first-order chi connectivity index (χ1) is 10.6. The van der Waals surface area contributed by atoms with E-state index in [1.165, 1.54) is 6.07 Å². The van der Waals surface area contributed by atoms with Gasteiger partial charge in [-0.2, -0.15) is 0 Å². The summed E-state index contributed by atoms with van der Waals surface area (Å²) in [5, 5.41) is 2.60. The van der Waals surface area contributed by atoms with Crippen molar-refractivity contribution in [2.75, 3.05) is 0 Å². The van der Waals surface area contributed by atoms with Crippen molar-refractivity contribution in [3.8, 4) is 0 Å². The number of halogens is 1. The van der Waals surface area contributed by atoms with Crippen molar-refractivity contribution in [2.24, 2.45) is 0 Å². The highest BCUT2D eigenvalue weighted by Crippen LogP contribution is 2.18. The van der Waals surface area contributed by atoms with Crippen molar-refractivity contribution in [1.82, 2.24) is 10.3 Å². The van der Waals surface area contributed by atoms with E-state index >= 15 is 0 Å². The van der Waals surface area contributed by atoms with Crippen molar-refractivity contribution in [2.45, 2.75) is 32.2 Å². The van der Waals surface area contributed by atoms with E-state index in [0.717, 1.165) is 36.9 Å². The van der Waals surface area contributed by atoms with E-state index in [2.05, 4.69) is 10.3 Å². The summed E-state index contributed by atoms with van der Waals surface area (Å²) in [6, 6.07) is 7.91. The quantitative estimate of drug-likeness (QED) is 0.914. The second kappa shape index (κ2) is 6.13. The Labute approximate surface area is 127 Å². The molecule has 2 aromatic rings. The Kier molecular flexibility index (Phi) is 4.04. The van der Waals surface area contributed by atoms with E-state index in [1.807, 2.05) is 0 Å². The largest absolute Gasteiger partial charge is 0.348 e. The molecule has 22 heavy (non-hydrogen) atoms. The number of fused-ring (bicyclic) bond motifs is 1. The number of aromatic nitrogens is 1. The van der Waals surface area contributed by atoms with E-state index in [4.69, 9.17) is 0 Å². The maximum atomic E-state index is 13.5. The highest BCUT2D eigenvalue weighted by atomic mass is 19.1. The van der Waals surface area contributed by atoms with Gasteiger partial charge in [-0.15, -0.1) is 0 Å². The van der Waals surface area contributed by atoms with Gasteiger partial charge in [0.1, 0.15) is 11.4 Å². The molecule has 114 valence electrons. The lowest BCUT2D eigenvalue weighted by Gasteiger charge is -2.16. The maximum absolute atomic E-state index is 13.5. The Bertz CT molecular complexity index is 767. The fraction of sp³-hybridized carbons (Fsp3) is 0.294. The van der Waals surface area contributed by atoms with Crippen LogP contribution in [0.5, 0.6) is 0 Å². The van der Waals surface area contributed by atoms with Crippen LogP contribution in [0.25, 0.3) is 0 Å². The highest BCUT2D eigenvalue weighted by molar-refractivity contribution is 5.94. The molecule has 0 fully saturated rings. The minimum atomic E-state index is -0.474. The highest BCUT2D eigenvalue weighted by Gasteiger charge is 2.17. The van der Waals surface area contributed by atoms with Crippen LogP contribution in [0.3, 0.4) is 0 Å². The number of aryl methyl sites for hydroxylation is 2. The molecule has 0 bridgehead atoms. The molecule has 4 nitrogen and oxygen atoms in total. The Morgan fingerprint density at radius 2 is 2.00 bits per heavy atom. The van der Waals surface area contributed by atoms with Gasteiger partial charge >= 0.3 is 0 Å². The molecule has 1 amide bonds. The predicted molar refractivity (Wildman–Crippen MR) is 81.3 cm³/mol. The number of carbonyl (C=O) groups excluding carboxylic acids is 1. The predicted octanol–water partition coefficient (Wildman–Crippen LogP) is 2.32. The lowest BCUT2D eigenvalue weighted by molar-refractivity contribution is 0.0949. The number of H-pyrrole nitrogens is 1. The standard InChI is InChI=1S/C17H17FN2O2/c18-14-7-3-1-6-12(14)10-19-16(21)13-9-11-5-2-4-8-15(11)20-17(13)22/h1,3,6-7,9H,2,4-5,8,10H2,(H,19,21)(H,20,22). The molecule has 1 aromatic heterocycles. The number of hydrogen-bond acceptors (Lipinski definition) is 2. The summed E-state index contributed by atoms with van der Waals surface area (Å²) < 4.78 is 13.5. The minimum absolute atomic E-state index is 0.0576. The number of hydrogen-bond donors (Lipinski definition) is 2. The molecular weight excluding hydrogens is 283 g/mol. The Balaban J connectivity index is 1.78. The van der Waals surface area contributed by atoms with Crippen LogP contribution >= 0.6 is 0 Å². The van der Waals surface area contributed by atoms with Gasteiger partial charge in [0.05, 0.1) is 0 Å². The first-order valence-electron chi connectivity index (χ1n) is 7.42. The average Bonchev–Trinajstić information content (AvgIpc) is 2.53. The first-order valence-corrected chi connectivity index (χ1v) is 7.42. The smallest absolute Gasteiger partial charge is 0.261 e. The number of pyridine rings is 1. The number of benzene rings is 1. The summed E-state index contributed by atoms with van der Waals surface area (Å²) in [6.45, 7) is 0.0576. The molecule has 1 aliphatic rings. The van der Waals surface area contributed by atoms with Gasteiger partial charge in [0.15, 0.2) is 0 Å². The molecule has 0 saturated carbocycles. The third kappa shape index (κ3) is 2.93. The van der Waals surface area contributed by atoms with Gasteiger partial charge in [0, 0.05) is 17.8 Å². The molecule has 3 rings (SSSR count). The Hall–Kier alpha value is -2.43. The van der Waals surface area contributed by atoms with Crippen molar-refractivity contribution in [1.29, 1.82) is 0 Å². The first kappa shape index (κ1) is 14.5. The topological polar surface area (TPSA) is 62.0 Å². The molecule has 0 atom stereocenters. The summed E-state index contributed by atoms with van der Waals surface area (Å²) in [7, 11) is 0. The lowest BCUT2D eigenvalue weighted by Crippen LogP contribution is -2.31. The molecule has 5 heteroatoms. The van der Waals surface area contributed by atoms with Gasteiger partial charge in [0.2, 0.25) is 0 Å². The molecule has 0 saturated heterocycles. The molecule has 0 aliphatic heterocycles. The number of carbonyl (C=O) groups is 1. The van der Waals surface area contributed by atoms with Crippen LogP contribution in [0.15, 0.2) is 35.1 Å². The van der Waals surface area contributed by atoms with Crippen molar-refractivity contribution in [3.05, 3.63) is 68.9 Å². The van der Waals surface area contributed by atoms with Crippen LogP contribution in [-0.4, -0.2) is 10.9 Å². The molecule has 0 spiro atoms. The van der Waals surface area contributed by atoms with Crippen LogP contribution in [-0.2, 0) is 19.4 Å². The zero-order chi connectivity index (χ0) is 15.5. The van der Waals surface area contributed by atoms with Gasteiger partial charge in [-0.25, -0.2) is 4.39 Å². The van der Waals surface area contributed by atoms with E-state index in [-0.39, 0.29) is 23.5 Å². The van der Waals surface area contributed by atoms with Crippen LogP contribution in [0.2, 0.25) is 0 Å². The zero-order valence-corrected chi connectivity index (χ0v) is 12.1. The fourth-order valence-electron chi connectivity index (χ4n) is 2.76. The summed E-state index contributed by atoms with van der Waals surface area (Å²) in [5.74, 6) is -0.847. The van der Waals surface area contributed by atoms with E-state index < -0.39 is 5.91 Å².